The van der Waals surface area contributed by atoms with Crippen molar-refractivity contribution >= 4 is 0 Å². The van der Waals surface area contributed by atoms with E-state index in [0.717, 1.165) is 17.7 Å². The largest absolute Gasteiger partial charge is 0.311 e. The summed E-state index contributed by atoms with van der Waals surface area (Å²) in [4.78, 5) is 4.37. The van der Waals surface area contributed by atoms with Crippen LogP contribution in [-0.2, 0) is 12.8 Å². The lowest BCUT2D eigenvalue weighted by Crippen LogP contribution is -2.22. The zero-order valence-electron chi connectivity index (χ0n) is 11.7. The van der Waals surface area contributed by atoms with Crippen molar-refractivity contribution < 1.29 is 8.78 Å². The first kappa shape index (κ1) is 14.6. The number of nitrogens with one attached hydrogen (secondary N) is 1. The maximum absolute atomic E-state index is 13.8. The molecule has 1 N–H and O–H groups in total. The van der Waals surface area contributed by atoms with Gasteiger partial charge in [-0.2, -0.15) is 0 Å². The summed E-state index contributed by atoms with van der Waals surface area (Å²) in [6, 6.07) is 7.59. The summed E-state index contributed by atoms with van der Waals surface area (Å²) >= 11 is 0. The Labute approximate surface area is 117 Å². The standard InChI is InChI=1S/C16H18F2N2/c1-3-11-6-5-9-20-16(11)15(19-2)10-12-13(17)7-4-8-14(12)18/h4-9,15,19H,3,10H2,1-2H3. The molecule has 0 spiro atoms. The van der Waals surface area contributed by atoms with Crippen LogP contribution in [0, 0.1) is 11.6 Å². The molecule has 0 saturated heterocycles. The van der Waals surface area contributed by atoms with Crippen molar-refractivity contribution in [3.63, 3.8) is 0 Å². The molecule has 1 aromatic heterocycles. The molecule has 1 heterocycles. The number of rotatable bonds is 5. The molecule has 0 radical (unpaired) electrons. The zero-order valence-corrected chi connectivity index (χ0v) is 11.7. The van der Waals surface area contributed by atoms with E-state index in [1.54, 1.807) is 13.2 Å². The van der Waals surface area contributed by atoms with Crippen LogP contribution in [0.2, 0.25) is 0 Å². The van der Waals surface area contributed by atoms with Gasteiger partial charge in [0.2, 0.25) is 0 Å². The third-order valence-electron chi connectivity index (χ3n) is 3.46. The van der Waals surface area contributed by atoms with E-state index in [1.165, 1.54) is 18.2 Å². The summed E-state index contributed by atoms with van der Waals surface area (Å²) in [7, 11) is 1.78. The van der Waals surface area contributed by atoms with Crippen LogP contribution in [0.4, 0.5) is 8.78 Å². The molecule has 0 saturated carbocycles. The van der Waals surface area contributed by atoms with E-state index < -0.39 is 11.6 Å². The molecule has 0 aliphatic carbocycles. The lowest BCUT2D eigenvalue weighted by atomic mass is 9.98. The van der Waals surface area contributed by atoms with Crippen molar-refractivity contribution in [1.29, 1.82) is 0 Å². The second kappa shape index (κ2) is 6.57. The average Bonchev–Trinajstić information content (AvgIpc) is 2.47. The Hall–Kier alpha value is -1.81. The van der Waals surface area contributed by atoms with Crippen LogP contribution < -0.4 is 5.32 Å². The fourth-order valence-corrected chi connectivity index (χ4v) is 2.33. The Balaban J connectivity index is 2.34. The Morgan fingerprint density at radius 1 is 1.15 bits per heavy atom. The van der Waals surface area contributed by atoms with E-state index in [4.69, 9.17) is 0 Å². The van der Waals surface area contributed by atoms with Crippen LogP contribution in [-0.4, -0.2) is 12.0 Å². The minimum atomic E-state index is -0.515. The van der Waals surface area contributed by atoms with Crippen molar-refractivity contribution in [3.8, 4) is 0 Å². The maximum Gasteiger partial charge on any atom is 0.129 e. The second-order valence-electron chi connectivity index (χ2n) is 4.65. The highest BCUT2D eigenvalue weighted by Gasteiger charge is 2.19. The first-order valence-electron chi connectivity index (χ1n) is 6.71. The molecular weight excluding hydrogens is 258 g/mol. The van der Waals surface area contributed by atoms with Crippen molar-refractivity contribution in [3.05, 3.63) is 65.0 Å². The molecular formula is C16H18F2N2. The molecule has 2 aromatic rings. The van der Waals surface area contributed by atoms with E-state index in [2.05, 4.69) is 10.3 Å². The smallest absolute Gasteiger partial charge is 0.129 e. The number of halogens is 2. The quantitative estimate of drug-likeness (QED) is 0.905. The van der Waals surface area contributed by atoms with Crippen molar-refractivity contribution in [2.75, 3.05) is 7.05 Å². The van der Waals surface area contributed by atoms with Gasteiger partial charge in [-0.3, -0.25) is 4.98 Å². The summed E-state index contributed by atoms with van der Waals surface area (Å²) in [5, 5.41) is 3.10. The number of pyridine rings is 1. The highest BCUT2D eigenvalue weighted by atomic mass is 19.1. The molecule has 2 nitrogen and oxygen atoms in total. The van der Waals surface area contributed by atoms with Gasteiger partial charge in [-0.1, -0.05) is 19.1 Å². The molecule has 0 amide bonds. The third-order valence-corrected chi connectivity index (χ3v) is 3.46. The molecule has 0 bridgehead atoms. The van der Waals surface area contributed by atoms with Crippen LogP contribution in [0.25, 0.3) is 0 Å². The number of aryl methyl sites for hydroxylation is 1. The minimum Gasteiger partial charge on any atom is -0.311 e. The van der Waals surface area contributed by atoms with Crippen LogP contribution in [0.3, 0.4) is 0 Å². The highest BCUT2D eigenvalue weighted by molar-refractivity contribution is 5.27. The molecule has 4 heteroatoms. The summed E-state index contributed by atoms with van der Waals surface area (Å²) in [6.07, 6.45) is 2.77. The van der Waals surface area contributed by atoms with Gasteiger partial charge in [-0.05, 0) is 43.7 Å². The van der Waals surface area contributed by atoms with Gasteiger partial charge in [-0.15, -0.1) is 0 Å². The monoisotopic (exact) mass is 276 g/mol. The van der Waals surface area contributed by atoms with Gasteiger partial charge in [-0.25, -0.2) is 8.78 Å². The first-order valence-corrected chi connectivity index (χ1v) is 6.71. The topological polar surface area (TPSA) is 24.9 Å². The van der Waals surface area contributed by atoms with Crippen LogP contribution in [0.1, 0.15) is 29.8 Å². The lowest BCUT2D eigenvalue weighted by Gasteiger charge is -2.19. The Morgan fingerprint density at radius 3 is 2.45 bits per heavy atom. The Bertz CT molecular complexity index is 564. The first-order chi connectivity index (χ1) is 9.67. The van der Waals surface area contributed by atoms with Crippen LogP contribution >= 0.6 is 0 Å². The van der Waals surface area contributed by atoms with E-state index >= 15 is 0 Å². The molecule has 2 rings (SSSR count). The van der Waals surface area contributed by atoms with E-state index in [0.29, 0.717) is 0 Å². The number of hydrogen-bond acceptors (Lipinski definition) is 2. The van der Waals surface area contributed by atoms with Crippen molar-refractivity contribution in [2.45, 2.75) is 25.8 Å². The molecule has 0 fully saturated rings. The number of likely N-dealkylation sites (N-methyl/N-ethyl adjacent to an activating group) is 1. The summed E-state index contributed by atoms with van der Waals surface area (Å²) < 4.78 is 27.5. The predicted molar refractivity (Wildman–Crippen MR) is 75.5 cm³/mol. The average molecular weight is 276 g/mol. The number of aromatic nitrogens is 1. The second-order valence-corrected chi connectivity index (χ2v) is 4.65. The summed E-state index contributed by atoms with van der Waals surface area (Å²) in [5.41, 5.74) is 2.03. The van der Waals surface area contributed by atoms with E-state index in [9.17, 15) is 8.78 Å². The van der Waals surface area contributed by atoms with Gasteiger partial charge in [0, 0.05) is 11.8 Å². The molecule has 106 valence electrons. The number of hydrogen-bond donors (Lipinski definition) is 1. The zero-order chi connectivity index (χ0) is 14.5. The van der Waals surface area contributed by atoms with Crippen molar-refractivity contribution in [2.24, 2.45) is 0 Å². The minimum absolute atomic E-state index is 0.0968. The van der Waals surface area contributed by atoms with Gasteiger partial charge in [0.15, 0.2) is 0 Å². The Morgan fingerprint density at radius 2 is 1.85 bits per heavy atom. The molecule has 1 unspecified atom stereocenters. The van der Waals surface area contributed by atoms with Gasteiger partial charge in [0.1, 0.15) is 11.6 Å². The number of benzene rings is 1. The SMILES string of the molecule is CCc1cccnc1C(Cc1c(F)cccc1F)NC. The molecule has 20 heavy (non-hydrogen) atoms. The predicted octanol–water partition coefficient (Wildman–Crippen LogP) is 3.43. The third kappa shape index (κ3) is 3.02. The fourth-order valence-electron chi connectivity index (χ4n) is 2.33. The fraction of sp³-hybridized carbons (Fsp3) is 0.312. The van der Waals surface area contributed by atoms with E-state index in [-0.39, 0.29) is 18.0 Å². The molecule has 1 atom stereocenters. The van der Waals surface area contributed by atoms with E-state index in [1.807, 2.05) is 19.1 Å². The Kier molecular flexibility index (Phi) is 4.79. The molecule has 0 aliphatic heterocycles. The summed E-state index contributed by atoms with van der Waals surface area (Å²) in [6.45, 7) is 2.04. The van der Waals surface area contributed by atoms with Gasteiger partial charge in [0.25, 0.3) is 0 Å². The highest BCUT2D eigenvalue weighted by Crippen LogP contribution is 2.23. The molecule has 0 aliphatic rings. The van der Waals surface area contributed by atoms with Gasteiger partial charge >= 0.3 is 0 Å². The lowest BCUT2D eigenvalue weighted by molar-refractivity contribution is 0.507. The van der Waals surface area contributed by atoms with Gasteiger partial charge in [0.05, 0.1) is 11.7 Å². The molecule has 1 aromatic carbocycles. The maximum atomic E-state index is 13.8. The normalized spacial score (nSPS) is 12.4. The summed E-state index contributed by atoms with van der Waals surface area (Å²) in [5.74, 6) is -1.03. The van der Waals surface area contributed by atoms with Gasteiger partial charge < -0.3 is 5.32 Å². The number of nitrogens with zero attached hydrogens (tertiary/aromatic N) is 1. The van der Waals surface area contributed by atoms with Crippen LogP contribution in [0.5, 0.6) is 0 Å². The van der Waals surface area contributed by atoms with Crippen LogP contribution in [0.15, 0.2) is 36.5 Å². The van der Waals surface area contributed by atoms with Crippen molar-refractivity contribution in [1.82, 2.24) is 10.3 Å².